The van der Waals surface area contributed by atoms with E-state index < -0.39 is 16.9 Å². The van der Waals surface area contributed by atoms with Gasteiger partial charge in [-0.1, -0.05) is 20.3 Å². The molecule has 0 aromatic carbocycles. The molecule has 0 heterocycles. The van der Waals surface area contributed by atoms with Gasteiger partial charge in [0, 0.05) is 23.1 Å². The van der Waals surface area contributed by atoms with Crippen molar-refractivity contribution in [1.29, 1.82) is 0 Å². The van der Waals surface area contributed by atoms with Crippen LogP contribution in [0.5, 0.6) is 0 Å². The lowest BCUT2D eigenvalue weighted by Crippen LogP contribution is -2.31. The first-order valence-corrected chi connectivity index (χ1v) is 6.43. The Morgan fingerprint density at radius 3 is 2.69 bits per heavy atom. The van der Waals surface area contributed by atoms with E-state index in [9.17, 15) is 9.32 Å². The summed E-state index contributed by atoms with van der Waals surface area (Å²) in [6.45, 7) is 5.46. The zero-order valence-corrected chi connectivity index (χ0v) is 9.40. The van der Waals surface area contributed by atoms with Crippen LogP contribution < -0.4 is 5.32 Å². The minimum absolute atomic E-state index is 0.410. The summed E-state index contributed by atoms with van der Waals surface area (Å²) in [4.78, 5) is 0. The van der Waals surface area contributed by atoms with E-state index in [1.807, 2.05) is 6.92 Å². The third-order valence-electron chi connectivity index (χ3n) is 1.73. The van der Waals surface area contributed by atoms with Gasteiger partial charge in [0.1, 0.15) is 0 Å². The van der Waals surface area contributed by atoms with Gasteiger partial charge in [-0.2, -0.15) is 0 Å². The number of rotatable bonds is 8. The number of unbranched alkanes of at least 4 members (excludes halogenated alkanes) is 1. The zero-order chi connectivity index (χ0) is 10.1. The fraction of sp³-hybridized carbons (Fsp3) is 1.00. The number of aliphatic hydroxyl groups is 1. The Bertz CT molecular complexity index is 142. The molecule has 3 nitrogen and oxygen atoms in total. The predicted molar refractivity (Wildman–Crippen MR) is 57.3 cm³/mol. The van der Waals surface area contributed by atoms with Gasteiger partial charge in [0.2, 0.25) is 0 Å². The average Bonchev–Trinajstić information content (AvgIpc) is 2.11. The van der Waals surface area contributed by atoms with E-state index in [1.54, 1.807) is 0 Å². The van der Waals surface area contributed by atoms with Gasteiger partial charge in [-0.25, -0.2) is 0 Å². The van der Waals surface area contributed by atoms with Crippen LogP contribution in [0.4, 0.5) is 0 Å². The number of hydrogen-bond acceptors (Lipinski definition) is 3. The van der Waals surface area contributed by atoms with Crippen LogP contribution in [-0.2, 0) is 10.8 Å². The van der Waals surface area contributed by atoms with Crippen LogP contribution >= 0.6 is 0 Å². The Morgan fingerprint density at radius 1 is 1.46 bits per heavy atom. The fourth-order valence-electron chi connectivity index (χ4n) is 0.973. The Morgan fingerprint density at radius 2 is 2.15 bits per heavy atom. The van der Waals surface area contributed by atoms with Crippen molar-refractivity contribution in [2.45, 2.75) is 32.8 Å². The molecule has 2 atom stereocenters. The average molecular weight is 207 g/mol. The number of hydrogen-bond donors (Lipinski definition) is 2. The van der Waals surface area contributed by atoms with Crippen molar-refractivity contribution in [2.75, 3.05) is 24.6 Å². The first-order chi connectivity index (χ1) is 6.20. The van der Waals surface area contributed by atoms with Crippen molar-refractivity contribution in [2.24, 2.45) is 0 Å². The Labute approximate surface area is 83.4 Å². The minimum Gasteiger partial charge on any atom is -0.391 e. The SMILES string of the molecule is CCCCS(=O)CC(O)CNCC. The van der Waals surface area contributed by atoms with Gasteiger partial charge in [-0.15, -0.1) is 0 Å². The lowest BCUT2D eigenvalue weighted by Gasteiger charge is -2.09. The lowest BCUT2D eigenvalue weighted by atomic mass is 10.4. The van der Waals surface area contributed by atoms with Crippen LogP contribution in [0.1, 0.15) is 26.7 Å². The summed E-state index contributed by atoms with van der Waals surface area (Å²) in [6.07, 6.45) is 1.59. The van der Waals surface area contributed by atoms with Crippen molar-refractivity contribution >= 4 is 10.8 Å². The third kappa shape index (κ3) is 8.40. The molecular formula is C9H21NO2S. The topological polar surface area (TPSA) is 49.3 Å². The minimum atomic E-state index is -0.843. The Balaban J connectivity index is 3.41. The smallest absolute Gasteiger partial charge is 0.0779 e. The molecule has 0 saturated heterocycles. The second-order valence-electron chi connectivity index (χ2n) is 3.13. The van der Waals surface area contributed by atoms with Crippen LogP contribution in [0.3, 0.4) is 0 Å². The Hall–Kier alpha value is 0.0700. The quantitative estimate of drug-likeness (QED) is 0.609. The molecule has 13 heavy (non-hydrogen) atoms. The van der Waals surface area contributed by atoms with Gasteiger partial charge in [-0.3, -0.25) is 4.21 Å². The summed E-state index contributed by atoms with van der Waals surface area (Å²) < 4.78 is 11.3. The van der Waals surface area contributed by atoms with Crippen molar-refractivity contribution in [3.05, 3.63) is 0 Å². The van der Waals surface area contributed by atoms with E-state index in [0.717, 1.165) is 25.1 Å². The van der Waals surface area contributed by atoms with Crippen LogP contribution in [0.15, 0.2) is 0 Å². The highest BCUT2D eigenvalue weighted by atomic mass is 32.2. The fourth-order valence-corrected chi connectivity index (χ4v) is 2.30. The van der Waals surface area contributed by atoms with Gasteiger partial charge < -0.3 is 10.4 Å². The van der Waals surface area contributed by atoms with Crippen LogP contribution in [-0.4, -0.2) is 40.0 Å². The molecule has 0 aliphatic rings. The largest absolute Gasteiger partial charge is 0.391 e. The molecule has 0 amide bonds. The van der Waals surface area contributed by atoms with Gasteiger partial charge in [-0.05, 0) is 13.0 Å². The number of likely N-dealkylation sites (N-methyl/N-ethyl adjacent to an activating group) is 1. The van der Waals surface area contributed by atoms with Crippen LogP contribution in [0.2, 0.25) is 0 Å². The molecule has 4 heteroatoms. The highest BCUT2D eigenvalue weighted by Crippen LogP contribution is 1.94. The maximum atomic E-state index is 11.3. The summed E-state index contributed by atoms with van der Waals surface area (Å²) in [7, 11) is -0.843. The first kappa shape index (κ1) is 13.1. The highest BCUT2D eigenvalue weighted by molar-refractivity contribution is 7.85. The van der Waals surface area contributed by atoms with Gasteiger partial charge in [0.15, 0.2) is 0 Å². The molecule has 80 valence electrons. The van der Waals surface area contributed by atoms with Crippen LogP contribution in [0, 0.1) is 0 Å². The van der Waals surface area contributed by atoms with E-state index in [2.05, 4.69) is 12.2 Å². The third-order valence-corrected chi connectivity index (χ3v) is 3.23. The summed E-state index contributed by atoms with van der Waals surface area (Å²) in [6, 6.07) is 0. The molecule has 0 aromatic rings. The zero-order valence-electron chi connectivity index (χ0n) is 8.58. The molecule has 0 aromatic heterocycles. The van der Waals surface area contributed by atoms with Gasteiger partial charge >= 0.3 is 0 Å². The van der Waals surface area contributed by atoms with Crippen molar-refractivity contribution in [1.82, 2.24) is 5.32 Å². The van der Waals surface area contributed by atoms with Crippen LogP contribution in [0.25, 0.3) is 0 Å². The molecule has 0 aliphatic carbocycles. The molecule has 0 aliphatic heterocycles. The van der Waals surface area contributed by atoms with Gasteiger partial charge in [0.25, 0.3) is 0 Å². The van der Waals surface area contributed by atoms with E-state index in [-0.39, 0.29) is 0 Å². The summed E-state index contributed by atoms with van der Waals surface area (Å²) in [5, 5.41) is 12.4. The van der Waals surface area contributed by atoms with Crippen molar-refractivity contribution in [3.63, 3.8) is 0 Å². The lowest BCUT2D eigenvalue weighted by molar-refractivity contribution is 0.195. The monoisotopic (exact) mass is 207 g/mol. The van der Waals surface area contributed by atoms with Crippen molar-refractivity contribution < 1.29 is 9.32 Å². The van der Waals surface area contributed by atoms with E-state index >= 15 is 0 Å². The van der Waals surface area contributed by atoms with E-state index in [4.69, 9.17) is 0 Å². The molecule has 0 rings (SSSR count). The highest BCUT2D eigenvalue weighted by Gasteiger charge is 2.07. The van der Waals surface area contributed by atoms with E-state index in [1.165, 1.54) is 0 Å². The normalized spacial score (nSPS) is 15.6. The van der Waals surface area contributed by atoms with E-state index in [0.29, 0.717) is 12.3 Å². The number of aliphatic hydroxyl groups excluding tert-OH is 1. The molecule has 2 unspecified atom stereocenters. The second-order valence-corrected chi connectivity index (χ2v) is 4.75. The van der Waals surface area contributed by atoms with Crippen molar-refractivity contribution in [3.8, 4) is 0 Å². The molecule has 0 radical (unpaired) electrons. The standard InChI is InChI=1S/C9H21NO2S/c1-3-5-6-13(12)8-9(11)7-10-4-2/h9-11H,3-8H2,1-2H3. The summed E-state index contributed by atoms with van der Waals surface area (Å²) in [5.74, 6) is 1.13. The molecule has 0 bridgehead atoms. The number of nitrogens with one attached hydrogen (secondary N) is 1. The molecular weight excluding hydrogens is 186 g/mol. The maximum absolute atomic E-state index is 11.3. The summed E-state index contributed by atoms with van der Waals surface area (Å²) in [5.41, 5.74) is 0. The predicted octanol–water partition coefficient (Wildman–Crippen LogP) is 0.506. The second kappa shape index (κ2) is 8.66. The Kier molecular flexibility index (Phi) is 8.71. The summed E-state index contributed by atoms with van der Waals surface area (Å²) >= 11 is 0. The molecule has 0 spiro atoms. The maximum Gasteiger partial charge on any atom is 0.0779 e. The molecule has 2 N–H and O–H groups in total. The van der Waals surface area contributed by atoms with Gasteiger partial charge in [0.05, 0.1) is 11.9 Å². The molecule has 0 saturated carbocycles. The first-order valence-electron chi connectivity index (χ1n) is 4.94. The molecule has 0 fully saturated rings.